The number of urea groups is 1. The third kappa shape index (κ3) is 4.76. The van der Waals surface area contributed by atoms with Crippen LogP contribution in [0.15, 0.2) is 47.4 Å². The van der Waals surface area contributed by atoms with E-state index in [1.165, 1.54) is 0 Å². The second kappa shape index (κ2) is 10.6. The summed E-state index contributed by atoms with van der Waals surface area (Å²) < 4.78 is 5.54. The number of rotatable bonds is 7. The van der Waals surface area contributed by atoms with Crippen LogP contribution in [0.1, 0.15) is 63.5 Å². The minimum atomic E-state index is -1.03. The van der Waals surface area contributed by atoms with E-state index >= 15 is 0 Å². The summed E-state index contributed by atoms with van der Waals surface area (Å²) in [6.45, 7) is 8.77. The maximum Gasteiger partial charge on any atom is 0.332 e. The van der Waals surface area contributed by atoms with E-state index in [1.807, 2.05) is 48.7 Å². The van der Waals surface area contributed by atoms with Crippen LogP contribution in [0.5, 0.6) is 0 Å². The average molecular weight is 510 g/mol. The Bertz CT molecular complexity index is 1110. The molecule has 2 fully saturated rings. The van der Waals surface area contributed by atoms with E-state index in [4.69, 9.17) is 4.74 Å². The van der Waals surface area contributed by atoms with Crippen molar-refractivity contribution in [2.45, 2.75) is 62.8 Å². The Balaban J connectivity index is 1.64. The molecule has 0 radical (unpaired) electrons. The molecule has 0 bridgehead atoms. The third-order valence-electron chi connectivity index (χ3n) is 7.08. The van der Waals surface area contributed by atoms with Crippen LogP contribution >= 0.6 is 11.8 Å². The fraction of sp³-hybridized carbons (Fsp3) is 0.464. The van der Waals surface area contributed by atoms with Gasteiger partial charge in [0.1, 0.15) is 12.1 Å². The van der Waals surface area contributed by atoms with Crippen LogP contribution in [-0.4, -0.2) is 54.3 Å². The lowest BCUT2D eigenvalue weighted by atomic mass is 9.88. The molecule has 8 heteroatoms. The van der Waals surface area contributed by atoms with Gasteiger partial charge in [-0.3, -0.25) is 19.4 Å². The van der Waals surface area contributed by atoms with Gasteiger partial charge in [0.2, 0.25) is 5.91 Å². The van der Waals surface area contributed by atoms with Gasteiger partial charge in [-0.25, -0.2) is 4.79 Å². The second-order valence-electron chi connectivity index (χ2n) is 10.0. The predicted octanol–water partition coefficient (Wildman–Crippen LogP) is 5.61. The Morgan fingerprint density at radius 2 is 1.58 bits per heavy atom. The summed E-state index contributed by atoms with van der Waals surface area (Å²) in [6, 6.07) is 13.2. The molecule has 36 heavy (non-hydrogen) atoms. The Morgan fingerprint density at radius 3 is 2.11 bits per heavy atom. The van der Waals surface area contributed by atoms with Crippen molar-refractivity contribution in [3.05, 3.63) is 53.6 Å². The van der Waals surface area contributed by atoms with Crippen LogP contribution < -0.4 is 10.2 Å². The Kier molecular flexibility index (Phi) is 7.76. The summed E-state index contributed by atoms with van der Waals surface area (Å²) in [5.74, 6) is -0.298. The van der Waals surface area contributed by atoms with Crippen molar-refractivity contribution >= 4 is 41.0 Å². The molecule has 1 spiro atoms. The fourth-order valence-corrected chi connectivity index (χ4v) is 5.54. The summed E-state index contributed by atoms with van der Waals surface area (Å²) in [5.41, 5.74) is 2.46. The minimum absolute atomic E-state index is 0.208. The van der Waals surface area contributed by atoms with Gasteiger partial charge in [0, 0.05) is 42.3 Å². The molecule has 2 aliphatic heterocycles. The van der Waals surface area contributed by atoms with Gasteiger partial charge in [0.25, 0.3) is 5.91 Å². The first-order valence-electron chi connectivity index (χ1n) is 12.5. The van der Waals surface area contributed by atoms with Crippen molar-refractivity contribution in [1.82, 2.24) is 4.90 Å². The Labute approximate surface area is 217 Å². The number of para-hydroxylation sites is 1. The van der Waals surface area contributed by atoms with Crippen molar-refractivity contribution in [2.75, 3.05) is 36.2 Å². The number of imide groups is 1. The van der Waals surface area contributed by atoms with Gasteiger partial charge in [-0.15, -0.1) is 11.8 Å². The quantitative estimate of drug-likeness (QED) is 0.388. The van der Waals surface area contributed by atoms with Crippen molar-refractivity contribution in [2.24, 2.45) is 0 Å². The van der Waals surface area contributed by atoms with E-state index < -0.39 is 11.6 Å². The van der Waals surface area contributed by atoms with Gasteiger partial charge < -0.3 is 10.1 Å². The lowest BCUT2D eigenvalue weighted by molar-refractivity contribution is -0.136. The SMILES string of the molecule is CSc1ccc(N2C(=O)N(CC(=O)Nc3c(C(C)C)cccc3C(C)C)C(=O)C23CCOCC3)cc1. The molecule has 0 aromatic heterocycles. The number of benzene rings is 2. The number of ether oxygens (including phenoxy) is 1. The normalized spacial score (nSPS) is 17.5. The molecule has 2 aromatic carbocycles. The fourth-order valence-electron chi connectivity index (χ4n) is 5.13. The third-order valence-corrected chi connectivity index (χ3v) is 7.83. The molecule has 0 unspecified atom stereocenters. The number of nitrogens with zero attached hydrogens (tertiary/aromatic N) is 2. The molecule has 4 amide bonds. The summed E-state index contributed by atoms with van der Waals surface area (Å²) in [5, 5.41) is 3.04. The molecule has 2 aliphatic rings. The number of hydrogen-bond donors (Lipinski definition) is 1. The topological polar surface area (TPSA) is 79.0 Å². The van der Waals surface area contributed by atoms with Crippen LogP contribution in [-0.2, 0) is 14.3 Å². The monoisotopic (exact) mass is 509 g/mol. The Morgan fingerprint density at radius 1 is 1.00 bits per heavy atom. The molecule has 0 saturated carbocycles. The van der Waals surface area contributed by atoms with Gasteiger partial charge >= 0.3 is 6.03 Å². The first-order valence-corrected chi connectivity index (χ1v) is 13.7. The van der Waals surface area contributed by atoms with Gasteiger partial charge in [0.15, 0.2) is 0 Å². The number of amides is 4. The molecular weight excluding hydrogens is 474 g/mol. The largest absolute Gasteiger partial charge is 0.381 e. The van der Waals surface area contributed by atoms with E-state index in [0.717, 1.165) is 26.6 Å². The summed E-state index contributed by atoms with van der Waals surface area (Å²) in [7, 11) is 0. The molecule has 0 atom stereocenters. The molecular formula is C28H35N3O4S. The van der Waals surface area contributed by atoms with Crippen molar-refractivity contribution < 1.29 is 19.1 Å². The first-order chi connectivity index (χ1) is 17.2. The van der Waals surface area contributed by atoms with Gasteiger partial charge in [-0.1, -0.05) is 45.9 Å². The maximum atomic E-state index is 13.8. The highest BCUT2D eigenvalue weighted by molar-refractivity contribution is 7.98. The minimum Gasteiger partial charge on any atom is -0.381 e. The number of nitrogens with one attached hydrogen (secondary N) is 1. The second-order valence-corrected chi connectivity index (χ2v) is 10.9. The highest BCUT2D eigenvalue weighted by Crippen LogP contribution is 2.41. The van der Waals surface area contributed by atoms with E-state index in [2.05, 4.69) is 33.0 Å². The van der Waals surface area contributed by atoms with Crippen molar-refractivity contribution in [1.29, 1.82) is 0 Å². The number of hydrogen-bond acceptors (Lipinski definition) is 5. The maximum absolute atomic E-state index is 13.8. The van der Waals surface area contributed by atoms with Crippen LogP contribution in [0, 0.1) is 0 Å². The lowest BCUT2D eigenvalue weighted by Crippen LogP contribution is -2.53. The van der Waals surface area contributed by atoms with E-state index in [9.17, 15) is 14.4 Å². The van der Waals surface area contributed by atoms with E-state index in [-0.39, 0.29) is 30.2 Å². The smallest absolute Gasteiger partial charge is 0.332 e. The van der Waals surface area contributed by atoms with Crippen LogP contribution in [0.2, 0.25) is 0 Å². The van der Waals surface area contributed by atoms with E-state index in [1.54, 1.807) is 16.7 Å². The standard InChI is InChI=1S/C28H35N3O4S/c1-18(2)22-7-6-8-23(19(3)4)25(22)29-24(32)17-30-26(33)28(13-15-35-16-14-28)31(27(30)34)20-9-11-21(36-5)12-10-20/h6-12,18-19H,13-17H2,1-5H3,(H,29,32). The van der Waals surface area contributed by atoms with Crippen LogP contribution in [0.25, 0.3) is 0 Å². The molecule has 7 nitrogen and oxygen atoms in total. The first kappa shape index (κ1) is 26.2. The number of anilines is 2. The van der Waals surface area contributed by atoms with Gasteiger partial charge in [0.05, 0.1) is 0 Å². The summed E-state index contributed by atoms with van der Waals surface area (Å²) in [6.07, 6.45) is 2.78. The molecule has 0 aliphatic carbocycles. The number of carbonyl (C=O) groups excluding carboxylic acids is 3. The molecule has 192 valence electrons. The van der Waals surface area contributed by atoms with Gasteiger partial charge in [-0.05, 0) is 53.5 Å². The highest BCUT2D eigenvalue weighted by atomic mass is 32.2. The van der Waals surface area contributed by atoms with E-state index in [0.29, 0.717) is 31.7 Å². The average Bonchev–Trinajstić information content (AvgIpc) is 3.05. The number of thioether (sulfide) groups is 1. The molecule has 1 N–H and O–H groups in total. The lowest BCUT2D eigenvalue weighted by Gasteiger charge is -2.38. The predicted molar refractivity (Wildman–Crippen MR) is 144 cm³/mol. The van der Waals surface area contributed by atoms with Crippen LogP contribution in [0.3, 0.4) is 0 Å². The summed E-state index contributed by atoms with van der Waals surface area (Å²) in [4.78, 5) is 44.5. The molecule has 2 aromatic rings. The van der Waals surface area contributed by atoms with Crippen LogP contribution in [0.4, 0.5) is 16.2 Å². The zero-order chi connectivity index (χ0) is 26.0. The molecule has 2 saturated heterocycles. The zero-order valence-electron chi connectivity index (χ0n) is 21.7. The molecule has 4 rings (SSSR count). The van der Waals surface area contributed by atoms with Crippen molar-refractivity contribution in [3.63, 3.8) is 0 Å². The van der Waals surface area contributed by atoms with Crippen molar-refractivity contribution in [3.8, 4) is 0 Å². The zero-order valence-corrected chi connectivity index (χ0v) is 22.5. The molecule has 2 heterocycles. The van der Waals surface area contributed by atoms with Gasteiger partial charge in [-0.2, -0.15) is 0 Å². The Hall–Kier alpha value is -2.84. The number of carbonyl (C=O) groups is 3. The summed E-state index contributed by atoms with van der Waals surface area (Å²) >= 11 is 1.61. The highest BCUT2D eigenvalue weighted by Gasteiger charge is 2.58.